The highest BCUT2D eigenvalue weighted by atomic mass is 32.2. The van der Waals surface area contributed by atoms with Gasteiger partial charge in [0, 0.05) is 23.0 Å². The molecule has 19 heavy (non-hydrogen) atoms. The molecule has 3 N–H and O–H groups in total. The van der Waals surface area contributed by atoms with Gasteiger partial charge in [0.05, 0.1) is 0 Å². The molecule has 1 aliphatic carbocycles. The molecule has 0 spiro atoms. The van der Waals surface area contributed by atoms with Crippen molar-refractivity contribution in [2.45, 2.75) is 30.6 Å². The summed E-state index contributed by atoms with van der Waals surface area (Å²) in [4.78, 5) is 11.8. The van der Waals surface area contributed by atoms with Crippen molar-refractivity contribution in [3.05, 3.63) is 24.3 Å². The Bertz CT molecular complexity index is 439. The maximum absolute atomic E-state index is 11.8. The molecule has 2 unspecified atom stereocenters. The molecule has 5 heteroatoms. The van der Waals surface area contributed by atoms with E-state index in [0.29, 0.717) is 16.7 Å². The number of rotatable bonds is 5. The van der Waals surface area contributed by atoms with Crippen LogP contribution >= 0.6 is 11.8 Å². The predicted molar refractivity (Wildman–Crippen MR) is 79.4 cm³/mol. The van der Waals surface area contributed by atoms with Crippen LogP contribution in [0, 0.1) is 0 Å². The van der Waals surface area contributed by atoms with Gasteiger partial charge in [0.2, 0.25) is 0 Å². The fraction of sp³-hybridized carbons (Fsp3) is 0.500. The van der Waals surface area contributed by atoms with Gasteiger partial charge in [-0.1, -0.05) is 12.5 Å². The number of carbonyl (C=O) groups is 1. The van der Waals surface area contributed by atoms with Gasteiger partial charge in [0.25, 0.3) is 5.91 Å². The van der Waals surface area contributed by atoms with Crippen molar-refractivity contribution in [2.75, 3.05) is 18.6 Å². The van der Waals surface area contributed by atoms with Gasteiger partial charge in [-0.05, 0) is 31.2 Å². The molecule has 2 rings (SSSR count). The van der Waals surface area contributed by atoms with Crippen LogP contribution in [-0.4, -0.2) is 30.1 Å². The molecule has 0 radical (unpaired) electrons. The molecular formula is C14H20N2O2S. The number of nitrogens with two attached hydrogens (primary N) is 1. The summed E-state index contributed by atoms with van der Waals surface area (Å²) in [5.74, 6) is 0.566. The van der Waals surface area contributed by atoms with Gasteiger partial charge in [-0.15, -0.1) is 0 Å². The van der Waals surface area contributed by atoms with E-state index >= 15 is 0 Å². The Hall–Kier alpha value is -1.36. The number of thioether (sulfide) groups is 1. The molecule has 0 bridgehead atoms. The first-order valence-corrected chi connectivity index (χ1v) is 7.78. The highest BCUT2D eigenvalue weighted by molar-refractivity contribution is 7.99. The van der Waals surface area contributed by atoms with E-state index in [-0.39, 0.29) is 18.6 Å². The van der Waals surface area contributed by atoms with Crippen LogP contribution in [-0.2, 0) is 4.79 Å². The van der Waals surface area contributed by atoms with E-state index in [1.54, 1.807) is 18.2 Å². The van der Waals surface area contributed by atoms with Crippen molar-refractivity contribution in [3.63, 3.8) is 0 Å². The third-order valence-corrected chi connectivity index (χ3v) is 4.50. The average Bonchev–Trinajstić information content (AvgIpc) is 2.84. The number of nitrogens with one attached hydrogen (secondary N) is 1. The first-order chi connectivity index (χ1) is 9.19. The molecule has 4 nitrogen and oxygen atoms in total. The van der Waals surface area contributed by atoms with Crippen LogP contribution in [0.25, 0.3) is 0 Å². The van der Waals surface area contributed by atoms with Gasteiger partial charge in [0.1, 0.15) is 5.75 Å². The zero-order valence-electron chi connectivity index (χ0n) is 11.1. The largest absolute Gasteiger partial charge is 0.484 e. The standard InChI is InChI=1S/C14H20N2O2S/c1-19-13-7-3-6-12(13)16-14(17)9-18-11-5-2-4-10(15)8-11/h2,4-5,8,12-13H,3,6-7,9,15H2,1H3,(H,16,17). The molecule has 0 aromatic heterocycles. The molecule has 104 valence electrons. The van der Waals surface area contributed by atoms with Crippen LogP contribution in [0.1, 0.15) is 19.3 Å². The highest BCUT2D eigenvalue weighted by Crippen LogP contribution is 2.28. The molecular weight excluding hydrogens is 260 g/mol. The summed E-state index contributed by atoms with van der Waals surface area (Å²) in [5, 5.41) is 3.59. The smallest absolute Gasteiger partial charge is 0.258 e. The van der Waals surface area contributed by atoms with E-state index < -0.39 is 0 Å². The molecule has 2 atom stereocenters. The Labute approximate surface area is 118 Å². The van der Waals surface area contributed by atoms with Gasteiger partial charge in [0.15, 0.2) is 6.61 Å². The second-order valence-electron chi connectivity index (χ2n) is 4.74. The monoisotopic (exact) mass is 280 g/mol. The lowest BCUT2D eigenvalue weighted by molar-refractivity contribution is -0.123. The maximum atomic E-state index is 11.8. The number of anilines is 1. The van der Waals surface area contributed by atoms with E-state index in [1.165, 1.54) is 12.8 Å². The minimum atomic E-state index is -0.0617. The number of amides is 1. The van der Waals surface area contributed by atoms with Crippen LogP contribution < -0.4 is 15.8 Å². The van der Waals surface area contributed by atoms with E-state index in [2.05, 4.69) is 11.6 Å². The molecule has 1 aliphatic rings. The minimum Gasteiger partial charge on any atom is -0.484 e. The summed E-state index contributed by atoms with van der Waals surface area (Å²) in [5.41, 5.74) is 6.29. The Kier molecular flexibility index (Phi) is 4.96. The molecule has 1 aromatic rings. The first kappa shape index (κ1) is 14.1. The lowest BCUT2D eigenvalue weighted by atomic mass is 10.2. The summed E-state index contributed by atoms with van der Waals surface area (Å²) in [7, 11) is 0. The summed E-state index contributed by atoms with van der Waals surface area (Å²) in [6, 6.07) is 7.39. The van der Waals surface area contributed by atoms with Crippen molar-refractivity contribution in [1.82, 2.24) is 5.32 Å². The summed E-state index contributed by atoms with van der Waals surface area (Å²) in [6.45, 7) is 0.0427. The second kappa shape index (κ2) is 6.70. The first-order valence-electron chi connectivity index (χ1n) is 6.49. The zero-order valence-corrected chi connectivity index (χ0v) is 11.9. The SMILES string of the molecule is CSC1CCCC1NC(=O)COc1cccc(N)c1. The van der Waals surface area contributed by atoms with Gasteiger partial charge in [-0.25, -0.2) is 0 Å². The summed E-state index contributed by atoms with van der Waals surface area (Å²) < 4.78 is 5.43. The molecule has 1 amide bonds. The summed E-state index contributed by atoms with van der Waals surface area (Å²) in [6.07, 6.45) is 5.53. The molecule has 1 fully saturated rings. The van der Waals surface area contributed by atoms with Crippen LogP contribution in [0.2, 0.25) is 0 Å². The number of hydrogen-bond donors (Lipinski definition) is 2. The summed E-state index contributed by atoms with van der Waals surface area (Å²) >= 11 is 1.83. The lowest BCUT2D eigenvalue weighted by Gasteiger charge is -2.19. The number of benzene rings is 1. The Morgan fingerprint density at radius 3 is 3.11 bits per heavy atom. The predicted octanol–water partition coefficient (Wildman–Crippen LogP) is 2.05. The zero-order chi connectivity index (χ0) is 13.7. The van der Waals surface area contributed by atoms with Crippen molar-refractivity contribution in [1.29, 1.82) is 0 Å². The van der Waals surface area contributed by atoms with Crippen molar-refractivity contribution in [2.24, 2.45) is 0 Å². The van der Waals surface area contributed by atoms with E-state index in [4.69, 9.17) is 10.5 Å². The quantitative estimate of drug-likeness (QED) is 0.810. The molecule has 0 saturated heterocycles. The lowest BCUT2D eigenvalue weighted by Crippen LogP contribution is -2.41. The third kappa shape index (κ3) is 4.06. The number of hydrogen-bond acceptors (Lipinski definition) is 4. The van der Waals surface area contributed by atoms with E-state index in [0.717, 1.165) is 6.42 Å². The van der Waals surface area contributed by atoms with E-state index in [9.17, 15) is 4.79 Å². The van der Waals surface area contributed by atoms with Crippen LogP contribution in [0.3, 0.4) is 0 Å². The molecule has 1 saturated carbocycles. The highest BCUT2D eigenvalue weighted by Gasteiger charge is 2.27. The third-order valence-electron chi connectivity index (χ3n) is 3.33. The van der Waals surface area contributed by atoms with Gasteiger partial charge in [-0.3, -0.25) is 4.79 Å². The van der Waals surface area contributed by atoms with Crippen molar-refractivity contribution in [3.8, 4) is 5.75 Å². The normalized spacial score (nSPS) is 22.2. The van der Waals surface area contributed by atoms with Crippen LogP contribution in [0.5, 0.6) is 5.75 Å². The Morgan fingerprint density at radius 1 is 1.53 bits per heavy atom. The molecule has 1 aromatic carbocycles. The maximum Gasteiger partial charge on any atom is 0.258 e. The average molecular weight is 280 g/mol. The molecule has 0 aliphatic heterocycles. The van der Waals surface area contributed by atoms with Gasteiger partial charge < -0.3 is 15.8 Å². The van der Waals surface area contributed by atoms with Crippen molar-refractivity contribution < 1.29 is 9.53 Å². The number of carbonyl (C=O) groups excluding carboxylic acids is 1. The topological polar surface area (TPSA) is 64.3 Å². The fourth-order valence-electron chi connectivity index (χ4n) is 2.37. The van der Waals surface area contributed by atoms with Crippen LogP contribution in [0.4, 0.5) is 5.69 Å². The number of ether oxygens (including phenoxy) is 1. The van der Waals surface area contributed by atoms with E-state index in [1.807, 2.05) is 17.8 Å². The van der Waals surface area contributed by atoms with Gasteiger partial charge in [-0.2, -0.15) is 11.8 Å². The van der Waals surface area contributed by atoms with Crippen LogP contribution in [0.15, 0.2) is 24.3 Å². The Morgan fingerprint density at radius 2 is 2.37 bits per heavy atom. The molecule has 0 heterocycles. The second-order valence-corrected chi connectivity index (χ2v) is 5.82. The minimum absolute atomic E-state index is 0.0427. The fourth-order valence-corrected chi connectivity index (χ4v) is 3.31. The van der Waals surface area contributed by atoms with Crippen molar-refractivity contribution >= 4 is 23.4 Å². The van der Waals surface area contributed by atoms with Gasteiger partial charge >= 0.3 is 0 Å². The Balaban J connectivity index is 1.78. The number of nitrogen functional groups attached to an aromatic ring is 1.